The van der Waals surface area contributed by atoms with Crippen molar-refractivity contribution in [3.8, 4) is 5.75 Å². The third kappa shape index (κ3) is 2.12. The number of rotatable bonds is 1. The quantitative estimate of drug-likeness (QED) is 0.429. The van der Waals surface area contributed by atoms with Crippen molar-refractivity contribution in [3.63, 3.8) is 0 Å². The number of hydrogen-bond donors (Lipinski definition) is 0. The first-order chi connectivity index (χ1) is 10.6. The summed E-state index contributed by atoms with van der Waals surface area (Å²) in [5.41, 5.74) is 3.35. The zero-order valence-electron chi connectivity index (χ0n) is 13.5. The Morgan fingerprint density at radius 1 is 1.32 bits per heavy atom. The van der Waals surface area contributed by atoms with Crippen LogP contribution >= 0.6 is 0 Å². The highest BCUT2D eigenvalue weighted by Gasteiger charge is 2.48. The SMILES string of the molecule is CC(=O)Oc1ccc2c(c1)CC[C@@H]1[C@@H]2CC[C@]2(C)C=CC[C@@H]12. The van der Waals surface area contributed by atoms with Gasteiger partial charge in [-0.2, -0.15) is 0 Å². The van der Waals surface area contributed by atoms with Crippen LogP contribution in [0.25, 0.3) is 0 Å². The van der Waals surface area contributed by atoms with Gasteiger partial charge in [0.25, 0.3) is 0 Å². The molecule has 116 valence electrons. The molecule has 0 aromatic heterocycles. The first-order valence-corrected chi connectivity index (χ1v) is 8.56. The van der Waals surface area contributed by atoms with Gasteiger partial charge in [0.05, 0.1) is 0 Å². The summed E-state index contributed by atoms with van der Waals surface area (Å²) in [5.74, 6) is 2.81. The summed E-state index contributed by atoms with van der Waals surface area (Å²) in [6.07, 6.45) is 11.2. The van der Waals surface area contributed by atoms with Crippen molar-refractivity contribution in [3.05, 3.63) is 41.5 Å². The van der Waals surface area contributed by atoms with E-state index < -0.39 is 0 Å². The fourth-order valence-corrected chi connectivity index (χ4v) is 5.27. The molecule has 3 aliphatic carbocycles. The van der Waals surface area contributed by atoms with Crippen molar-refractivity contribution < 1.29 is 9.53 Å². The van der Waals surface area contributed by atoms with Gasteiger partial charge in [-0.25, -0.2) is 0 Å². The predicted octanol–water partition coefficient (Wildman–Crippen LogP) is 4.63. The number of aryl methyl sites for hydroxylation is 1. The van der Waals surface area contributed by atoms with Crippen LogP contribution in [0.1, 0.15) is 56.6 Å². The zero-order valence-corrected chi connectivity index (χ0v) is 13.5. The Morgan fingerprint density at radius 3 is 3.00 bits per heavy atom. The largest absolute Gasteiger partial charge is 0.427 e. The molecule has 0 heterocycles. The molecule has 2 nitrogen and oxygen atoms in total. The molecule has 3 aliphatic rings. The first-order valence-electron chi connectivity index (χ1n) is 8.56. The maximum atomic E-state index is 11.1. The second-order valence-corrected chi connectivity index (χ2v) is 7.55. The number of ether oxygens (including phenoxy) is 1. The van der Waals surface area contributed by atoms with E-state index in [0.29, 0.717) is 17.1 Å². The lowest BCUT2D eigenvalue weighted by Gasteiger charge is -2.49. The average molecular weight is 296 g/mol. The van der Waals surface area contributed by atoms with Gasteiger partial charge in [-0.15, -0.1) is 0 Å². The summed E-state index contributed by atoms with van der Waals surface area (Å²) >= 11 is 0. The van der Waals surface area contributed by atoms with Gasteiger partial charge in [0.1, 0.15) is 5.75 Å². The zero-order chi connectivity index (χ0) is 15.3. The molecule has 1 aromatic carbocycles. The van der Waals surface area contributed by atoms with Crippen LogP contribution < -0.4 is 4.74 Å². The summed E-state index contributed by atoms with van der Waals surface area (Å²) in [7, 11) is 0. The van der Waals surface area contributed by atoms with Gasteiger partial charge >= 0.3 is 5.97 Å². The number of esters is 1. The summed E-state index contributed by atoms with van der Waals surface area (Å²) in [6.45, 7) is 3.92. The molecule has 0 unspecified atom stereocenters. The molecule has 0 bridgehead atoms. The predicted molar refractivity (Wildman–Crippen MR) is 86.9 cm³/mol. The molecule has 1 saturated carbocycles. The van der Waals surface area contributed by atoms with Crippen molar-refractivity contribution in [2.24, 2.45) is 17.3 Å². The van der Waals surface area contributed by atoms with Crippen LogP contribution in [0, 0.1) is 17.3 Å². The Bertz CT molecular complexity index is 645. The van der Waals surface area contributed by atoms with Crippen LogP contribution in [-0.4, -0.2) is 5.97 Å². The highest BCUT2D eigenvalue weighted by molar-refractivity contribution is 5.69. The van der Waals surface area contributed by atoms with Gasteiger partial charge in [-0.05, 0) is 78.5 Å². The van der Waals surface area contributed by atoms with Gasteiger partial charge < -0.3 is 4.74 Å². The fourth-order valence-electron chi connectivity index (χ4n) is 5.27. The third-order valence-electron chi connectivity index (χ3n) is 6.29. The van der Waals surface area contributed by atoms with E-state index in [1.165, 1.54) is 43.7 Å². The molecule has 0 amide bonds. The summed E-state index contributed by atoms with van der Waals surface area (Å²) < 4.78 is 5.25. The highest BCUT2D eigenvalue weighted by atomic mass is 16.5. The summed E-state index contributed by atoms with van der Waals surface area (Å²) in [6, 6.07) is 6.28. The monoisotopic (exact) mass is 296 g/mol. The van der Waals surface area contributed by atoms with Crippen molar-refractivity contribution in [2.75, 3.05) is 0 Å². The lowest BCUT2D eigenvalue weighted by atomic mass is 9.56. The highest BCUT2D eigenvalue weighted by Crippen LogP contribution is 2.58. The molecular weight excluding hydrogens is 272 g/mol. The van der Waals surface area contributed by atoms with Crippen LogP contribution in [-0.2, 0) is 11.2 Å². The van der Waals surface area contributed by atoms with E-state index in [1.54, 1.807) is 0 Å². The van der Waals surface area contributed by atoms with E-state index >= 15 is 0 Å². The van der Waals surface area contributed by atoms with Crippen molar-refractivity contribution >= 4 is 5.97 Å². The Hall–Kier alpha value is -1.57. The second kappa shape index (κ2) is 4.97. The molecule has 4 rings (SSSR count). The van der Waals surface area contributed by atoms with Gasteiger partial charge in [-0.3, -0.25) is 4.79 Å². The minimum atomic E-state index is -0.237. The van der Waals surface area contributed by atoms with E-state index in [9.17, 15) is 4.79 Å². The normalized spacial score (nSPS) is 35.5. The number of carbonyl (C=O) groups excluding carboxylic acids is 1. The molecule has 1 aromatic rings. The minimum Gasteiger partial charge on any atom is -0.427 e. The number of benzene rings is 1. The molecule has 0 radical (unpaired) electrons. The lowest BCUT2D eigenvalue weighted by Crippen LogP contribution is -2.39. The van der Waals surface area contributed by atoms with Crippen molar-refractivity contribution in [1.29, 1.82) is 0 Å². The maximum Gasteiger partial charge on any atom is 0.308 e. The maximum absolute atomic E-state index is 11.1. The van der Waals surface area contributed by atoms with Crippen LogP contribution in [0.15, 0.2) is 30.4 Å². The minimum absolute atomic E-state index is 0.237. The Morgan fingerprint density at radius 2 is 2.18 bits per heavy atom. The van der Waals surface area contributed by atoms with E-state index in [0.717, 1.165) is 18.3 Å². The van der Waals surface area contributed by atoms with Crippen LogP contribution in [0.4, 0.5) is 0 Å². The lowest BCUT2D eigenvalue weighted by molar-refractivity contribution is -0.131. The first kappa shape index (κ1) is 14.0. The number of allylic oxidation sites excluding steroid dienone is 2. The molecule has 2 heteroatoms. The van der Waals surface area contributed by atoms with Crippen LogP contribution in [0.3, 0.4) is 0 Å². The van der Waals surface area contributed by atoms with E-state index in [1.807, 2.05) is 6.07 Å². The van der Waals surface area contributed by atoms with Gasteiger partial charge in [-0.1, -0.05) is 25.1 Å². The standard InChI is InChI=1S/C20H24O2/c1-13(21)22-15-6-8-16-14(12-15)5-7-18-17(16)9-11-20(2)10-3-4-19(18)20/h3,6,8,10,12,17-19H,4-5,7,9,11H2,1-2H3/t17-,18-,19+,20+/m1/s1. The number of carbonyl (C=O) groups is 1. The Labute approximate surface area is 132 Å². The molecule has 0 spiro atoms. The van der Waals surface area contributed by atoms with E-state index in [-0.39, 0.29) is 5.97 Å². The summed E-state index contributed by atoms with van der Waals surface area (Å²) in [5, 5.41) is 0. The number of fused-ring (bicyclic) bond motifs is 5. The average Bonchev–Trinajstić information content (AvgIpc) is 2.88. The molecule has 0 saturated heterocycles. The Kier molecular flexibility index (Phi) is 3.18. The van der Waals surface area contributed by atoms with Gasteiger partial charge in [0.2, 0.25) is 0 Å². The molecule has 22 heavy (non-hydrogen) atoms. The van der Waals surface area contributed by atoms with Gasteiger partial charge in [0.15, 0.2) is 0 Å². The van der Waals surface area contributed by atoms with E-state index in [4.69, 9.17) is 4.74 Å². The van der Waals surface area contributed by atoms with Crippen molar-refractivity contribution in [2.45, 2.75) is 51.9 Å². The molecule has 0 aliphatic heterocycles. The molecule has 0 N–H and O–H groups in total. The second-order valence-electron chi connectivity index (χ2n) is 7.55. The van der Waals surface area contributed by atoms with Crippen molar-refractivity contribution in [1.82, 2.24) is 0 Å². The van der Waals surface area contributed by atoms with E-state index in [2.05, 4.69) is 31.2 Å². The fraction of sp³-hybridized carbons (Fsp3) is 0.550. The van der Waals surface area contributed by atoms with Crippen LogP contribution in [0.5, 0.6) is 5.75 Å². The number of hydrogen-bond acceptors (Lipinski definition) is 2. The summed E-state index contributed by atoms with van der Waals surface area (Å²) in [4.78, 5) is 11.1. The molecular formula is C20H24O2. The third-order valence-corrected chi connectivity index (χ3v) is 6.29. The van der Waals surface area contributed by atoms with Gasteiger partial charge in [0, 0.05) is 6.92 Å². The van der Waals surface area contributed by atoms with Crippen LogP contribution in [0.2, 0.25) is 0 Å². The molecule has 1 fully saturated rings. The Balaban J connectivity index is 1.64. The smallest absolute Gasteiger partial charge is 0.308 e. The topological polar surface area (TPSA) is 26.3 Å². The molecule has 4 atom stereocenters.